The van der Waals surface area contributed by atoms with Crippen LogP contribution >= 0.6 is 259 Å². The maximum atomic E-state index is 14.8. The average molecular weight is 1320 g/mol. The van der Waals surface area contributed by atoms with Gasteiger partial charge in [0.1, 0.15) is 6.10 Å². The van der Waals surface area contributed by atoms with Gasteiger partial charge in [-0.2, -0.15) is 0 Å². The molecule has 0 radical (unpaired) electrons. The minimum absolute atomic E-state index is 0.135. The largest absolute Gasteiger partial charge is 0.385 e. The summed E-state index contributed by atoms with van der Waals surface area (Å²) in [6, 6.07) is 0. The topological polar surface area (TPSA) is 65.0 Å². The van der Waals surface area contributed by atoms with Gasteiger partial charge in [0.05, 0.1) is 40.9 Å². The van der Waals surface area contributed by atoms with E-state index in [4.69, 9.17) is 13.6 Å². The van der Waals surface area contributed by atoms with Gasteiger partial charge >= 0.3 is 0 Å². The van der Waals surface area contributed by atoms with E-state index in [2.05, 4.69) is 186 Å². The zero-order chi connectivity index (χ0) is 41.4. The highest BCUT2D eigenvalue weighted by molar-refractivity contribution is 9.19. The fourth-order valence-corrected chi connectivity index (χ4v) is 211. The molecule has 25 unspecified atom stereocenters. The van der Waals surface area contributed by atoms with Gasteiger partial charge in [0.25, 0.3) is 0 Å². The molecule has 1 aliphatic carbocycles. The predicted octanol–water partition coefficient (Wildman–Crippen LogP) is 20.3. The van der Waals surface area contributed by atoms with Crippen LogP contribution in [-0.4, -0.2) is 35.3 Å². The minimum atomic E-state index is -1.15. The molecule has 0 spiro atoms. The van der Waals surface area contributed by atoms with Gasteiger partial charge in [-0.3, -0.25) is 4.79 Å². The number of rotatable bonds is 23. The number of hydrogen-bond acceptors (Lipinski definition) is 5. The van der Waals surface area contributed by atoms with E-state index in [1.807, 2.05) is 6.92 Å². The molecule has 0 fully saturated rings. The van der Waals surface area contributed by atoms with Crippen LogP contribution in [0.1, 0.15) is 41.0 Å². The van der Waals surface area contributed by atoms with Gasteiger partial charge in [0.2, 0.25) is 0 Å². The van der Waals surface area contributed by atoms with Crippen molar-refractivity contribution in [2.75, 3.05) is 0 Å². The summed E-state index contributed by atoms with van der Waals surface area (Å²) in [5.41, 5.74) is 0.821. The number of aliphatic hydroxyl groups is 1. The Morgan fingerprint density at radius 2 is 1.23 bits per heavy atom. The third-order valence-corrected chi connectivity index (χ3v) is 166. The van der Waals surface area contributed by atoms with Gasteiger partial charge in [0, 0.05) is 39.8 Å². The van der Waals surface area contributed by atoms with Crippen LogP contribution in [0.4, 0.5) is 0 Å². The second-order valence-corrected chi connectivity index (χ2v) is 127. The van der Waals surface area contributed by atoms with Gasteiger partial charge in [0.15, 0.2) is 5.78 Å². The summed E-state index contributed by atoms with van der Waals surface area (Å²) in [5.74, 6) is -1.00. The molecule has 5 nitrogen and oxygen atoms in total. The smallest absolute Gasteiger partial charge is 0.167 e. The third kappa shape index (κ3) is 21.3. The number of allylic oxidation sites excluding steroid dienone is 1. The highest BCUT2D eigenvalue weighted by Gasteiger charge is 2.48. The normalized spacial score (nSPS) is 24.4. The van der Waals surface area contributed by atoms with Gasteiger partial charge in [-0.1, -0.05) is 52.7 Å². The highest BCUT2D eigenvalue weighted by Crippen LogP contribution is 3.18. The average Bonchev–Trinajstić information content (AvgIpc) is 3.02. The Kier molecular flexibility index (Phi) is 38.8. The Morgan fingerprint density at radius 3 is 1.62 bits per heavy atom. The molecule has 30 atom stereocenters. The minimum Gasteiger partial charge on any atom is -0.385 e. The van der Waals surface area contributed by atoms with Crippen LogP contribution in [0.5, 0.6) is 0 Å². The van der Waals surface area contributed by atoms with Crippen LogP contribution in [-0.2, 0) is 18.4 Å². The summed E-state index contributed by atoms with van der Waals surface area (Å²) in [5, 5.41) is 12.3. The van der Waals surface area contributed by atoms with Crippen molar-refractivity contribution in [3.63, 3.8) is 0 Å². The Morgan fingerprint density at radius 1 is 0.755 bits per heavy atom. The second-order valence-electron chi connectivity index (χ2n) is 11.9. The SMILES string of the molecule is CC1=CC(C)(C)C([C@@H](O)C(=O)[C@H](C)[C@@H](OP(P(P)P)P(P)P(P)P)[C@@H](C)OP(P(P)P)P(PP)P(P)P)C[C@@H]1OP(P(P)P(P)P)P(P(P)P)P(P)P. The first-order valence-corrected chi connectivity index (χ1v) is 70.6. The molecule has 0 aromatic carbocycles. The maximum absolute atomic E-state index is 14.8. The molecule has 0 saturated heterocycles. The van der Waals surface area contributed by atoms with E-state index in [-0.39, 0.29) is 78.2 Å². The lowest BCUT2D eigenvalue weighted by Crippen LogP contribution is -2.48. The van der Waals surface area contributed by atoms with E-state index in [0.29, 0.717) is 6.42 Å². The van der Waals surface area contributed by atoms with E-state index in [1.165, 1.54) is 5.57 Å². The summed E-state index contributed by atoms with van der Waals surface area (Å²) in [6.45, 7) is 6.20. The number of Topliss-reactive ketones (excluding diaryl/α,β-unsaturated/α-hetero) is 1. The van der Waals surface area contributed by atoms with E-state index in [1.54, 1.807) is 0 Å². The van der Waals surface area contributed by atoms with Crippen LogP contribution < -0.4 is 0 Å². The molecule has 0 aromatic rings. The van der Waals surface area contributed by atoms with Crippen molar-refractivity contribution >= 4 is 265 Å². The number of carbonyl (C=O) groups excluding carboxylic acids is 1. The Hall–Kier alpha value is 13.0. The Balaban J connectivity index is 3.65. The van der Waals surface area contributed by atoms with Crippen LogP contribution in [0.25, 0.3) is 0 Å². The molecule has 0 amide bonds. The molecule has 1 aliphatic rings. The quantitative estimate of drug-likeness (QED) is 0.0816. The Bertz CT molecular complexity index is 1120. The number of hydrogen-bond donors (Lipinski definition) is 1. The van der Waals surface area contributed by atoms with Crippen molar-refractivity contribution < 1.29 is 23.5 Å². The van der Waals surface area contributed by atoms with Crippen LogP contribution in [0.2, 0.25) is 0 Å². The summed E-state index contributed by atoms with van der Waals surface area (Å²) in [7, 11) is 50.2. The fraction of sp³-hybridized carbons (Fsp3) is 0.812. The summed E-state index contributed by atoms with van der Waals surface area (Å²) in [6.07, 6.45) is 0.806. The number of ketones is 1. The van der Waals surface area contributed by atoms with Crippen LogP contribution in [0.3, 0.4) is 0 Å². The van der Waals surface area contributed by atoms with E-state index in [0.717, 1.165) is 7.96 Å². The molecule has 0 bridgehead atoms. The van der Waals surface area contributed by atoms with Crippen LogP contribution in [0, 0.1) is 17.3 Å². The molecule has 0 heterocycles. The zero-order valence-electron chi connectivity index (χ0n) is 29.9. The summed E-state index contributed by atoms with van der Waals surface area (Å²) >= 11 is 0. The predicted molar refractivity (Wildman–Crippen MR) is 346 cm³/mol. The van der Waals surface area contributed by atoms with Crippen molar-refractivity contribution in [3.8, 4) is 0 Å². The first-order valence-electron chi connectivity index (χ1n) is 14.8. The lowest BCUT2D eigenvalue weighted by Gasteiger charge is -2.45. The standard InChI is InChI=1S/C16H60O5P32/c1-8-7-16(4,5)11(6-12(8)20-42(51(38)46(29)30)53(48(33)34)49(35)36)14(18)13(17)9(2)15(21-40(43(23)24)50(37)45(27)28)10(3)19-41(44(25)26)52(39-22)47(31)32/h7,9-12,14-15,18,39H,6,22-38H2,1-5H3/t9-,10+,11?,12-,14+,15+,40?,41?,42?,50?,51?,52?/m0/s1. The van der Waals surface area contributed by atoms with Crippen molar-refractivity contribution in [3.05, 3.63) is 11.6 Å². The fourth-order valence-electron chi connectivity index (χ4n) is 5.07. The maximum Gasteiger partial charge on any atom is 0.167 e. The molecular weight excluding hydrogens is 1260 g/mol. The molecule has 0 aromatic heterocycles. The molecule has 0 aliphatic heterocycles. The number of aliphatic hydroxyl groups excluding tert-OH is 1. The molecule has 314 valence electrons. The van der Waals surface area contributed by atoms with Gasteiger partial charge < -0.3 is 18.7 Å². The highest BCUT2D eigenvalue weighted by atomic mass is 33.2. The monoisotopic (exact) mass is 1320 g/mol. The molecule has 37 heteroatoms. The van der Waals surface area contributed by atoms with E-state index in [9.17, 15) is 9.90 Å². The molecule has 0 saturated carbocycles. The van der Waals surface area contributed by atoms with Crippen LogP contribution in [0.15, 0.2) is 11.6 Å². The van der Waals surface area contributed by atoms with Gasteiger partial charge in [-0.15, -0.1) is 134 Å². The molecule has 1 N–H and O–H groups in total. The van der Waals surface area contributed by atoms with Crippen molar-refractivity contribution in [2.24, 2.45) is 17.3 Å². The summed E-state index contributed by atoms with van der Waals surface area (Å²) < 4.78 is 21.6. The van der Waals surface area contributed by atoms with E-state index < -0.39 is 68.7 Å². The van der Waals surface area contributed by atoms with Crippen molar-refractivity contribution in [2.45, 2.75) is 65.5 Å². The molecular formula is C16H60O5P32. The lowest BCUT2D eigenvalue weighted by atomic mass is 9.66. The molecule has 53 heavy (non-hydrogen) atoms. The number of carbonyl (C=O) groups is 1. The van der Waals surface area contributed by atoms with Gasteiger partial charge in [-0.05, 0) is 80.2 Å². The first kappa shape index (κ1) is 64.0. The van der Waals surface area contributed by atoms with E-state index >= 15 is 0 Å². The van der Waals surface area contributed by atoms with Crippen molar-refractivity contribution in [1.82, 2.24) is 0 Å². The van der Waals surface area contributed by atoms with Gasteiger partial charge in [-0.25, -0.2) is 0 Å². The summed E-state index contributed by atoms with van der Waals surface area (Å²) in [4.78, 5) is 14.8. The van der Waals surface area contributed by atoms with Crippen molar-refractivity contribution in [1.29, 1.82) is 0 Å². The zero-order valence-corrected chi connectivity index (χ0v) is 63.1. The first-order chi connectivity index (χ1) is 24.2. The third-order valence-electron chi connectivity index (χ3n) is 7.59. The Labute approximate surface area is 379 Å². The second kappa shape index (κ2) is 32.2. The lowest BCUT2D eigenvalue weighted by molar-refractivity contribution is -0.140. The molecule has 1 rings (SSSR count).